The van der Waals surface area contributed by atoms with Gasteiger partial charge in [0.1, 0.15) is 12.4 Å². The largest absolute Gasteiger partial charge is 0.508 e. The minimum absolute atomic E-state index is 0.236. The molecule has 4 nitrogen and oxygen atoms in total. The Morgan fingerprint density at radius 1 is 1.17 bits per heavy atom. The fourth-order valence-corrected chi connectivity index (χ4v) is 4.18. The molecule has 0 aliphatic heterocycles. The van der Waals surface area contributed by atoms with Crippen LogP contribution in [0.4, 0.5) is 0 Å². The van der Waals surface area contributed by atoms with Gasteiger partial charge in [-0.25, -0.2) is 0 Å². The molecule has 158 valence electrons. The Bertz CT molecular complexity index is 813. The molecule has 0 amide bonds. The van der Waals surface area contributed by atoms with Gasteiger partial charge in [-0.05, 0) is 59.2 Å². The number of carbonyl (C=O) groups excluding carboxylic acids is 1. The first-order chi connectivity index (χ1) is 13.8. The number of halogens is 1. The summed E-state index contributed by atoms with van der Waals surface area (Å²) in [7, 11) is 1.57. The number of hydrogen-bond donors (Lipinski definition) is 1. The summed E-state index contributed by atoms with van der Waals surface area (Å²) in [5.74, 6) is 1.34. The van der Waals surface area contributed by atoms with E-state index in [9.17, 15) is 9.90 Å². The summed E-state index contributed by atoms with van der Waals surface area (Å²) in [6.45, 7) is 6.88. The average Bonchev–Trinajstić information content (AvgIpc) is 2.66. The van der Waals surface area contributed by atoms with Gasteiger partial charge in [0, 0.05) is 17.9 Å². The quantitative estimate of drug-likeness (QED) is 0.394. The number of phenols is 1. The Balaban J connectivity index is 2.00. The molecule has 0 atom stereocenters. The minimum atomic E-state index is -0.236. The van der Waals surface area contributed by atoms with Gasteiger partial charge in [0.2, 0.25) is 0 Å². The maximum absolute atomic E-state index is 11.7. The summed E-state index contributed by atoms with van der Waals surface area (Å²) < 4.78 is 9.92. The monoisotopic (exact) mass is 436 g/mol. The van der Waals surface area contributed by atoms with Crippen LogP contribution in [0.15, 0.2) is 30.3 Å². The van der Waals surface area contributed by atoms with E-state index in [0.717, 1.165) is 32.8 Å². The molecule has 29 heavy (non-hydrogen) atoms. The summed E-state index contributed by atoms with van der Waals surface area (Å²) in [5, 5.41) is 10.8. The average molecular weight is 437 g/mol. The third-order valence-electron chi connectivity index (χ3n) is 4.61. The van der Waals surface area contributed by atoms with E-state index in [4.69, 9.17) is 21.1 Å². The highest BCUT2D eigenvalue weighted by atomic mass is 35.5. The van der Waals surface area contributed by atoms with Crippen molar-refractivity contribution in [1.82, 2.24) is 0 Å². The number of carbonyl (C=O) groups is 1. The number of methoxy groups -OCH3 is 1. The molecule has 6 heteroatoms. The Morgan fingerprint density at radius 3 is 2.59 bits per heavy atom. The van der Waals surface area contributed by atoms with Crippen molar-refractivity contribution in [3.63, 3.8) is 0 Å². The SMILES string of the molecule is COCCOC(=O)CSCc1cc(C)c(Cc2ccc(O)c(C(C)C)c2)c(Cl)c1. The number of ether oxygens (including phenoxy) is 2. The van der Waals surface area contributed by atoms with Gasteiger partial charge in [0.25, 0.3) is 0 Å². The molecule has 0 aliphatic carbocycles. The van der Waals surface area contributed by atoms with Crippen LogP contribution in [0.25, 0.3) is 0 Å². The summed E-state index contributed by atoms with van der Waals surface area (Å²) in [6.07, 6.45) is 0.712. The van der Waals surface area contributed by atoms with Gasteiger partial charge in [0.05, 0.1) is 12.4 Å². The Labute approximate surface area is 182 Å². The Morgan fingerprint density at radius 2 is 1.93 bits per heavy atom. The molecule has 0 spiro atoms. The molecule has 0 aliphatic rings. The van der Waals surface area contributed by atoms with Crippen molar-refractivity contribution in [3.8, 4) is 5.75 Å². The van der Waals surface area contributed by atoms with Crippen molar-refractivity contribution in [1.29, 1.82) is 0 Å². The molecule has 2 aromatic carbocycles. The summed E-state index contributed by atoms with van der Waals surface area (Å²) >= 11 is 8.08. The lowest BCUT2D eigenvalue weighted by molar-refractivity contribution is -0.141. The van der Waals surface area contributed by atoms with Crippen molar-refractivity contribution in [2.75, 3.05) is 26.1 Å². The van der Waals surface area contributed by atoms with Gasteiger partial charge in [-0.2, -0.15) is 0 Å². The first-order valence-corrected chi connectivity index (χ1v) is 11.2. The van der Waals surface area contributed by atoms with Gasteiger partial charge in [0.15, 0.2) is 0 Å². The van der Waals surface area contributed by atoms with E-state index in [2.05, 4.69) is 32.9 Å². The first-order valence-electron chi connectivity index (χ1n) is 9.63. The second-order valence-corrected chi connectivity index (χ2v) is 8.70. The number of hydrogen-bond acceptors (Lipinski definition) is 5. The molecule has 0 aromatic heterocycles. The molecule has 2 rings (SSSR count). The number of benzene rings is 2. The summed E-state index contributed by atoms with van der Waals surface area (Å²) in [5.41, 5.74) is 5.35. The normalized spacial score (nSPS) is 11.1. The van der Waals surface area contributed by atoms with E-state index in [-0.39, 0.29) is 18.5 Å². The maximum atomic E-state index is 11.7. The highest BCUT2D eigenvalue weighted by molar-refractivity contribution is 7.99. The Hall–Kier alpha value is -1.69. The molecular weight excluding hydrogens is 408 g/mol. The van der Waals surface area contributed by atoms with Crippen LogP contribution in [0.3, 0.4) is 0 Å². The molecule has 0 radical (unpaired) electrons. The van der Waals surface area contributed by atoms with Gasteiger partial charge < -0.3 is 14.6 Å². The molecule has 0 saturated heterocycles. The van der Waals surface area contributed by atoms with E-state index in [0.29, 0.717) is 30.3 Å². The van der Waals surface area contributed by atoms with Crippen LogP contribution in [0, 0.1) is 6.92 Å². The maximum Gasteiger partial charge on any atom is 0.315 e. The molecule has 0 heterocycles. The molecule has 1 N–H and O–H groups in total. The van der Waals surface area contributed by atoms with Gasteiger partial charge in [-0.1, -0.05) is 43.6 Å². The van der Waals surface area contributed by atoms with Crippen LogP contribution in [0.5, 0.6) is 5.75 Å². The summed E-state index contributed by atoms with van der Waals surface area (Å²) in [6, 6.07) is 9.83. The van der Waals surface area contributed by atoms with Gasteiger partial charge in [-0.3, -0.25) is 4.79 Å². The van der Waals surface area contributed by atoms with Crippen LogP contribution in [-0.4, -0.2) is 37.2 Å². The zero-order chi connectivity index (χ0) is 21.4. The third-order valence-corrected chi connectivity index (χ3v) is 5.93. The first kappa shape index (κ1) is 23.6. The zero-order valence-electron chi connectivity index (χ0n) is 17.5. The van der Waals surface area contributed by atoms with E-state index >= 15 is 0 Å². The highest BCUT2D eigenvalue weighted by Crippen LogP contribution is 2.30. The lowest BCUT2D eigenvalue weighted by atomic mass is 9.94. The van der Waals surface area contributed by atoms with Crippen LogP contribution in [0.1, 0.15) is 47.6 Å². The van der Waals surface area contributed by atoms with Crippen LogP contribution in [0.2, 0.25) is 5.02 Å². The van der Waals surface area contributed by atoms with Crippen molar-refractivity contribution in [3.05, 3.63) is 63.2 Å². The predicted octanol–water partition coefficient (Wildman–Crippen LogP) is 5.49. The highest BCUT2D eigenvalue weighted by Gasteiger charge is 2.12. The topological polar surface area (TPSA) is 55.8 Å². The number of rotatable bonds is 10. The lowest BCUT2D eigenvalue weighted by Crippen LogP contribution is -2.11. The van der Waals surface area contributed by atoms with Crippen LogP contribution in [-0.2, 0) is 26.4 Å². The number of aromatic hydroxyl groups is 1. The molecule has 0 unspecified atom stereocenters. The minimum Gasteiger partial charge on any atom is -0.508 e. The van der Waals surface area contributed by atoms with E-state index < -0.39 is 0 Å². The molecule has 0 saturated carbocycles. The molecular formula is C23H29ClO4S. The van der Waals surface area contributed by atoms with Crippen molar-refractivity contribution in [2.24, 2.45) is 0 Å². The van der Waals surface area contributed by atoms with Gasteiger partial charge in [-0.15, -0.1) is 11.8 Å². The molecule has 0 bridgehead atoms. The second kappa shape index (κ2) is 11.5. The van der Waals surface area contributed by atoms with E-state index in [1.54, 1.807) is 13.2 Å². The van der Waals surface area contributed by atoms with Gasteiger partial charge >= 0.3 is 5.97 Å². The van der Waals surface area contributed by atoms with E-state index in [1.165, 1.54) is 11.8 Å². The lowest BCUT2D eigenvalue weighted by Gasteiger charge is -2.14. The number of aryl methyl sites for hydroxylation is 1. The van der Waals surface area contributed by atoms with Crippen molar-refractivity contribution in [2.45, 2.75) is 38.9 Å². The van der Waals surface area contributed by atoms with E-state index in [1.807, 2.05) is 12.1 Å². The predicted molar refractivity (Wildman–Crippen MR) is 120 cm³/mol. The van der Waals surface area contributed by atoms with Crippen LogP contribution >= 0.6 is 23.4 Å². The van der Waals surface area contributed by atoms with Crippen molar-refractivity contribution < 1.29 is 19.4 Å². The second-order valence-electron chi connectivity index (χ2n) is 7.30. The standard InChI is InChI=1S/C23H29ClO4S/c1-15(2)19-10-17(5-6-22(19)25)11-20-16(3)9-18(12-21(20)24)13-29-14-23(26)28-8-7-27-4/h5-6,9-10,12,15,25H,7-8,11,13-14H2,1-4H3. The molecule has 0 fully saturated rings. The Kier molecular flexibility index (Phi) is 9.34. The van der Waals surface area contributed by atoms with Crippen LogP contribution < -0.4 is 0 Å². The fraction of sp³-hybridized carbons (Fsp3) is 0.435. The zero-order valence-corrected chi connectivity index (χ0v) is 19.0. The fourth-order valence-electron chi connectivity index (χ4n) is 3.07. The molecule has 2 aromatic rings. The smallest absolute Gasteiger partial charge is 0.315 e. The number of phenolic OH excluding ortho intramolecular Hbond substituents is 1. The number of thioether (sulfide) groups is 1. The third kappa shape index (κ3) is 7.25. The summed E-state index contributed by atoms with van der Waals surface area (Å²) in [4.78, 5) is 11.7. The number of esters is 1. The van der Waals surface area contributed by atoms with Crippen molar-refractivity contribution >= 4 is 29.3 Å².